The topological polar surface area (TPSA) is 52.7 Å². The van der Waals surface area contributed by atoms with E-state index in [9.17, 15) is 12.8 Å². The molecule has 32 heavy (non-hydrogen) atoms. The van der Waals surface area contributed by atoms with Crippen LogP contribution < -0.4 is 9.62 Å². The van der Waals surface area contributed by atoms with E-state index in [1.807, 2.05) is 37.4 Å². The number of nitrogens with one attached hydrogen (secondary N) is 1. The second kappa shape index (κ2) is 9.70. The Balaban J connectivity index is 1.49. The van der Waals surface area contributed by atoms with Crippen molar-refractivity contribution < 1.29 is 12.8 Å². The molecule has 0 bridgehead atoms. The summed E-state index contributed by atoms with van der Waals surface area (Å²) < 4.78 is 42.2. The second-order valence-electron chi connectivity index (χ2n) is 8.18. The number of piperazine rings is 1. The third kappa shape index (κ3) is 5.20. The number of sulfonamides is 1. The van der Waals surface area contributed by atoms with E-state index in [0.717, 1.165) is 42.3 Å². The van der Waals surface area contributed by atoms with Crippen LogP contribution in [0.5, 0.6) is 0 Å². The molecule has 2 heterocycles. The number of anilines is 1. The van der Waals surface area contributed by atoms with Gasteiger partial charge in [0.25, 0.3) is 0 Å². The first-order chi connectivity index (χ1) is 15.3. The van der Waals surface area contributed by atoms with Crippen molar-refractivity contribution in [1.82, 2.24) is 9.62 Å². The normalized spacial score (nSPS) is 17.3. The minimum Gasteiger partial charge on any atom is -0.369 e. The summed E-state index contributed by atoms with van der Waals surface area (Å²) >= 11 is 1.64. The standard InChI is InChI=1S/C24H28FN3O2S2/c1-18-5-11-22(12-6-18)32(29,30)26-19(2)24(23-4-3-17-31-23)28-15-13-27(14-16-28)21-9-7-20(25)8-10-21/h3-12,17,19,24,26H,13-16H2,1-2H3/t19-,24+/m0/s1. The maximum Gasteiger partial charge on any atom is 0.240 e. The summed E-state index contributed by atoms with van der Waals surface area (Å²) in [6.45, 7) is 7.04. The van der Waals surface area contributed by atoms with E-state index < -0.39 is 10.0 Å². The van der Waals surface area contributed by atoms with Crippen molar-refractivity contribution in [2.24, 2.45) is 0 Å². The molecule has 1 fully saturated rings. The Morgan fingerprint density at radius 3 is 2.22 bits per heavy atom. The highest BCUT2D eigenvalue weighted by molar-refractivity contribution is 7.89. The fourth-order valence-electron chi connectivity index (χ4n) is 4.21. The van der Waals surface area contributed by atoms with E-state index in [-0.39, 0.29) is 22.8 Å². The van der Waals surface area contributed by atoms with Gasteiger partial charge in [0.1, 0.15) is 5.82 Å². The molecule has 2 aromatic carbocycles. The van der Waals surface area contributed by atoms with Crippen LogP contribution in [0.3, 0.4) is 0 Å². The number of aryl methyl sites for hydroxylation is 1. The quantitative estimate of drug-likeness (QED) is 0.552. The lowest BCUT2D eigenvalue weighted by Gasteiger charge is -2.42. The van der Waals surface area contributed by atoms with E-state index in [2.05, 4.69) is 20.6 Å². The molecule has 0 aliphatic carbocycles. The van der Waals surface area contributed by atoms with Crippen LogP contribution in [0.4, 0.5) is 10.1 Å². The van der Waals surface area contributed by atoms with Gasteiger partial charge in [-0.1, -0.05) is 23.8 Å². The Bertz CT molecular complexity index is 1110. The second-order valence-corrected chi connectivity index (χ2v) is 10.9. The summed E-state index contributed by atoms with van der Waals surface area (Å²) in [5, 5.41) is 2.03. The van der Waals surface area contributed by atoms with Crippen molar-refractivity contribution in [3.63, 3.8) is 0 Å². The zero-order chi connectivity index (χ0) is 22.7. The lowest BCUT2D eigenvalue weighted by atomic mass is 10.1. The molecule has 1 aromatic heterocycles. The van der Waals surface area contributed by atoms with Gasteiger partial charge in [0, 0.05) is 42.8 Å². The van der Waals surface area contributed by atoms with Crippen molar-refractivity contribution in [2.75, 3.05) is 31.1 Å². The molecule has 0 amide bonds. The largest absolute Gasteiger partial charge is 0.369 e. The molecule has 1 saturated heterocycles. The minimum atomic E-state index is -3.63. The summed E-state index contributed by atoms with van der Waals surface area (Å²) in [5.41, 5.74) is 2.03. The van der Waals surface area contributed by atoms with Crippen molar-refractivity contribution in [1.29, 1.82) is 0 Å². The maximum atomic E-state index is 13.3. The Labute approximate surface area is 193 Å². The number of nitrogens with zero attached hydrogens (tertiary/aromatic N) is 2. The number of benzene rings is 2. The highest BCUT2D eigenvalue weighted by Crippen LogP contribution is 2.31. The molecule has 0 radical (unpaired) electrons. The van der Waals surface area contributed by atoms with E-state index in [1.165, 1.54) is 12.1 Å². The van der Waals surface area contributed by atoms with Crippen LogP contribution in [0.25, 0.3) is 0 Å². The van der Waals surface area contributed by atoms with Gasteiger partial charge in [0.2, 0.25) is 10.0 Å². The fraction of sp³-hybridized carbons (Fsp3) is 0.333. The highest BCUT2D eigenvalue weighted by atomic mass is 32.2. The Hall–Kier alpha value is -2.26. The summed E-state index contributed by atoms with van der Waals surface area (Å²) in [6.07, 6.45) is 0. The molecule has 5 nitrogen and oxygen atoms in total. The molecule has 170 valence electrons. The SMILES string of the molecule is Cc1ccc(S(=O)(=O)N[C@@H](C)[C@H](c2cccs2)N2CCN(c3ccc(F)cc3)CC2)cc1. The predicted octanol–water partition coefficient (Wildman–Crippen LogP) is 4.43. The third-order valence-electron chi connectivity index (χ3n) is 5.88. The van der Waals surface area contributed by atoms with Crippen LogP contribution in [-0.2, 0) is 10.0 Å². The molecule has 1 N–H and O–H groups in total. The van der Waals surface area contributed by atoms with Crippen molar-refractivity contribution in [3.8, 4) is 0 Å². The number of rotatable bonds is 7. The predicted molar refractivity (Wildman–Crippen MR) is 128 cm³/mol. The van der Waals surface area contributed by atoms with E-state index >= 15 is 0 Å². The first-order valence-electron chi connectivity index (χ1n) is 10.7. The van der Waals surface area contributed by atoms with Gasteiger partial charge in [-0.3, -0.25) is 4.90 Å². The van der Waals surface area contributed by atoms with Crippen LogP contribution in [0.2, 0.25) is 0 Å². The molecule has 0 spiro atoms. The lowest BCUT2D eigenvalue weighted by Crippen LogP contribution is -2.52. The van der Waals surface area contributed by atoms with Gasteiger partial charge in [-0.2, -0.15) is 0 Å². The third-order valence-corrected chi connectivity index (χ3v) is 8.40. The van der Waals surface area contributed by atoms with Crippen LogP contribution in [0.1, 0.15) is 23.4 Å². The van der Waals surface area contributed by atoms with E-state index in [4.69, 9.17) is 0 Å². The minimum absolute atomic E-state index is 0.0643. The number of hydrogen-bond donors (Lipinski definition) is 1. The van der Waals surface area contributed by atoms with Crippen molar-refractivity contribution >= 4 is 27.0 Å². The molecular weight excluding hydrogens is 445 g/mol. The van der Waals surface area contributed by atoms with Gasteiger partial charge >= 0.3 is 0 Å². The Kier molecular flexibility index (Phi) is 6.95. The van der Waals surface area contributed by atoms with Gasteiger partial charge in [0.15, 0.2) is 0 Å². The molecule has 1 aliphatic heterocycles. The first-order valence-corrected chi connectivity index (χ1v) is 13.1. The summed E-state index contributed by atoms with van der Waals surface area (Å²) in [6, 6.07) is 17.2. The molecular formula is C24H28FN3O2S2. The van der Waals surface area contributed by atoms with E-state index in [1.54, 1.807) is 35.6 Å². The molecule has 3 aromatic rings. The first kappa shape index (κ1) is 22.9. The summed E-state index contributed by atoms with van der Waals surface area (Å²) in [5.74, 6) is -0.236. The zero-order valence-corrected chi connectivity index (χ0v) is 19.9. The van der Waals surface area contributed by atoms with Crippen LogP contribution in [0, 0.1) is 12.7 Å². The van der Waals surface area contributed by atoms with Crippen LogP contribution in [0.15, 0.2) is 70.9 Å². The summed E-state index contributed by atoms with van der Waals surface area (Å²) in [4.78, 5) is 6.00. The highest BCUT2D eigenvalue weighted by Gasteiger charge is 2.32. The van der Waals surface area contributed by atoms with Gasteiger partial charge in [-0.05, 0) is 61.7 Å². The Morgan fingerprint density at radius 1 is 0.969 bits per heavy atom. The van der Waals surface area contributed by atoms with Gasteiger partial charge in [-0.15, -0.1) is 11.3 Å². The van der Waals surface area contributed by atoms with Gasteiger partial charge in [-0.25, -0.2) is 17.5 Å². The molecule has 0 unspecified atom stereocenters. The van der Waals surface area contributed by atoms with Crippen LogP contribution in [-0.4, -0.2) is 45.5 Å². The van der Waals surface area contributed by atoms with Crippen molar-refractivity contribution in [3.05, 3.63) is 82.3 Å². The maximum absolute atomic E-state index is 13.3. The van der Waals surface area contributed by atoms with Crippen molar-refractivity contribution in [2.45, 2.75) is 30.8 Å². The smallest absolute Gasteiger partial charge is 0.240 e. The molecule has 8 heteroatoms. The number of hydrogen-bond acceptors (Lipinski definition) is 5. The molecule has 2 atom stereocenters. The lowest BCUT2D eigenvalue weighted by molar-refractivity contribution is 0.164. The molecule has 0 saturated carbocycles. The zero-order valence-electron chi connectivity index (χ0n) is 18.2. The molecule has 1 aliphatic rings. The number of thiophene rings is 1. The average molecular weight is 474 g/mol. The van der Waals surface area contributed by atoms with Crippen LogP contribution >= 0.6 is 11.3 Å². The molecule has 4 rings (SSSR count). The van der Waals surface area contributed by atoms with Gasteiger partial charge < -0.3 is 4.90 Å². The monoisotopic (exact) mass is 473 g/mol. The summed E-state index contributed by atoms with van der Waals surface area (Å²) in [7, 11) is -3.63. The average Bonchev–Trinajstić information content (AvgIpc) is 3.29. The van der Waals surface area contributed by atoms with Gasteiger partial charge in [0.05, 0.1) is 10.9 Å². The Morgan fingerprint density at radius 2 is 1.62 bits per heavy atom. The number of halogens is 1. The van der Waals surface area contributed by atoms with E-state index in [0.29, 0.717) is 0 Å². The fourth-order valence-corrected chi connectivity index (χ4v) is 6.42.